The highest BCUT2D eigenvalue weighted by Gasteiger charge is 2.51. The number of para-hydroxylation sites is 1. The van der Waals surface area contributed by atoms with E-state index < -0.39 is 11.9 Å². The van der Waals surface area contributed by atoms with E-state index in [9.17, 15) is 14.4 Å². The van der Waals surface area contributed by atoms with Gasteiger partial charge < -0.3 is 4.98 Å². The number of fused-ring (bicyclic) bond motifs is 5. The van der Waals surface area contributed by atoms with Gasteiger partial charge in [-0.2, -0.15) is 0 Å². The number of carbonyl (C=O) groups is 3. The minimum Gasteiger partial charge on any atom is -0.357 e. The summed E-state index contributed by atoms with van der Waals surface area (Å²) in [5.74, 6) is -1.31. The van der Waals surface area contributed by atoms with Gasteiger partial charge in [0, 0.05) is 43.8 Å². The van der Waals surface area contributed by atoms with Gasteiger partial charge in [0.2, 0.25) is 11.8 Å². The van der Waals surface area contributed by atoms with Crippen molar-refractivity contribution in [1.29, 1.82) is 0 Å². The molecule has 4 amide bonds. The third kappa shape index (κ3) is 2.64. The summed E-state index contributed by atoms with van der Waals surface area (Å²) in [6.07, 6.45) is 2.67. The highest BCUT2D eigenvalue weighted by atomic mass is 16.2. The van der Waals surface area contributed by atoms with Crippen LogP contribution >= 0.6 is 0 Å². The van der Waals surface area contributed by atoms with Crippen molar-refractivity contribution in [2.24, 2.45) is 17.8 Å². The van der Waals surface area contributed by atoms with Crippen molar-refractivity contribution in [1.82, 2.24) is 19.7 Å². The van der Waals surface area contributed by atoms with Gasteiger partial charge in [0.1, 0.15) is 5.92 Å². The molecule has 1 N–H and O–H groups in total. The quantitative estimate of drug-likeness (QED) is 0.776. The molecule has 0 saturated carbocycles. The van der Waals surface area contributed by atoms with Crippen molar-refractivity contribution >= 4 is 28.7 Å². The Morgan fingerprint density at radius 3 is 2.47 bits per heavy atom. The van der Waals surface area contributed by atoms with Crippen LogP contribution < -0.4 is 0 Å². The number of urea groups is 1. The lowest BCUT2D eigenvalue weighted by atomic mass is 9.70. The maximum atomic E-state index is 13.0. The lowest BCUT2D eigenvalue weighted by Crippen LogP contribution is -2.61. The molecule has 2 aromatic rings. The predicted octanol–water partition coefficient (Wildman–Crippen LogP) is 2.78. The Hall–Kier alpha value is -2.67. The van der Waals surface area contributed by atoms with E-state index in [0.717, 1.165) is 47.7 Å². The molecule has 3 aliphatic rings. The summed E-state index contributed by atoms with van der Waals surface area (Å²) in [5.41, 5.74) is 3.75. The van der Waals surface area contributed by atoms with Crippen LogP contribution in [0.1, 0.15) is 37.1 Å². The molecule has 7 heteroatoms. The Balaban J connectivity index is 1.53. The summed E-state index contributed by atoms with van der Waals surface area (Å²) in [4.78, 5) is 46.7. The zero-order valence-corrected chi connectivity index (χ0v) is 17.7. The monoisotopic (exact) mass is 408 g/mol. The van der Waals surface area contributed by atoms with Crippen molar-refractivity contribution in [2.75, 3.05) is 27.2 Å². The summed E-state index contributed by atoms with van der Waals surface area (Å²) in [7, 11) is 2.96. The van der Waals surface area contributed by atoms with Crippen molar-refractivity contribution < 1.29 is 14.4 Å². The van der Waals surface area contributed by atoms with Gasteiger partial charge in [-0.15, -0.1) is 0 Å². The molecule has 158 valence electrons. The molecule has 0 aliphatic carbocycles. The standard InChI is InChI=1S/C23H28N4O3/c1-4-13-12-27-10-9-15-14-7-5-6-8-17(14)24-20(15)18(27)11-16(13)19-21(28)25(2)23(30)26(3)22(19)29/h5-8,13,16,18-19,24H,4,9-12H2,1-3H3/t13-,16+,18+/m1/s1. The van der Waals surface area contributed by atoms with Crippen LogP contribution in [0.4, 0.5) is 4.79 Å². The van der Waals surface area contributed by atoms with Crippen LogP contribution in [-0.2, 0) is 16.0 Å². The first-order valence-electron chi connectivity index (χ1n) is 10.8. The van der Waals surface area contributed by atoms with Crippen molar-refractivity contribution in [2.45, 2.75) is 32.2 Å². The van der Waals surface area contributed by atoms with Crippen molar-refractivity contribution in [3.8, 4) is 0 Å². The van der Waals surface area contributed by atoms with Gasteiger partial charge in [0.25, 0.3) is 0 Å². The number of imide groups is 2. The Bertz CT molecular complexity index is 1020. The van der Waals surface area contributed by atoms with Crippen LogP contribution in [0.5, 0.6) is 0 Å². The number of aromatic nitrogens is 1. The number of amides is 4. The van der Waals surface area contributed by atoms with E-state index >= 15 is 0 Å². The minimum absolute atomic E-state index is 0.0772. The lowest BCUT2D eigenvalue weighted by Gasteiger charge is -2.49. The number of rotatable bonds is 2. The average Bonchev–Trinajstić information content (AvgIpc) is 3.15. The number of carbonyl (C=O) groups excluding carboxylic acids is 3. The average molecular weight is 409 g/mol. The molecular formula is C23H28N4O3. The molecule has 0 radical (unpaired) electrons. The number of nitrogens with one attached hydrogen (secondary N) is 1. The molecule has 2 fully saturated rings. The van der Waals surface area contributed by atoms with Crippen LogP contribution in [0.15, 0.2) is 24.3 Å². The highest BCUT2D eigenvalue weighted by molar-refractivity contribution is 6.15. The zero-order chi connectivity index (χ0) is 21.2. The molecule has 2 saturated heterocycles. The topological polar surface area (TPSA) is 76.7 Å². The molecule has 0 bridgehead atoms. The number of hydrogen-bond acceptors (Lipinski definition) is 4. The second-order valence-corrected chi connectivity index (χ2v) is 8.95. The summed E-state index contributed by atoms with van der Waals surface area (Å²) < 4.78 is 0. The van der Waals surface area contributed by atoms with E-state index in [1.54, 1.807) is 0 Å². The summed E-state index contributed by atoms with van der Waals surface area (Å²) in [5, 5.41) is 1.27. The predicted molar refractivity (Wildman–Crippen MR) is 113 cm³/mol. The van der Waals surface area contributed by atoms with Crippen LogP contribution in [0.3, 0.4) is 0 Å². The normalized spacial score (nSPS) is 28.2. The Labute approximate surface area is 176 Å². The molecular weight excluding hydrogens is 380 g/mol. The van der Waals surface area contributed by atoms with E-state index in [-0.39, 0.29) is 29.7 Å². The fourth-order valence-electron chi connectivity index (χ4n) is 5.88. The van der Waals surface area contributed by atoms with Gasteiger partial charge in [-0.1, -0.05) is 31.5 Å². The largest absolute Gasteiger partial charge is 0.357 e. The third-order valence-electron chi connectivity index (χ3n) is 7.56. The molecule has 1 aromatic heterocycles. The molecule has 3 aliphatic heterocycles. The molecule has 4 heterocycles. The van der Waals surface area contributed by atoms with Gasteiger partial charge in [-0.3, -0.25) is 24.3 Å². The number of H-pyrrole nitrogens is 1. The van der Waals surface area contributed by atoms with E-state index in [2.05, 4.69) is 35.0 Å². The van der Waals surface area contributed by atoms with Gasteiger partial charge in [-0.05, 0) is 36.3 Å². The molecule has 0 spiro atoms. The van der Waals surface area contributed by atoms with Gasteiger partial charge in [0.15, 0.2) is 0 Å². The van der Waals surface area contributed by atoms with Gasteiger partial charge in [-0.25, -0.2) is 4.79 Å². The SMILES string of the molecule is CC[C@@H]1CN2CCc3c([nH]c4ccccc34)[C@@H]2C[C@@H]1C1C(=O)N(C)C(=O)N(C)C1=O. The summed E-state index contributed by atoms with van der Waals surface area (Å²) in [6.45, 7) is 4.00. The second-order valence-electron chi connectivity index (χ2n) is 8.95. The number of barbiturate groups is 1. The number of piperidine rings is 1. The molecule has 7 nitrogen and oxygen atoms in total. The maximum Gasteiger partial charge on any atom is 0.332 e. The second kappa shape index (κ2) is 6.94. The summed E-state index contributed by atoms with van der Waals surface area (Å²) >= 11 is 0. The van der Waals surface area contributed by atoms with E-state index in [1.165, 1.54) is 30.7 Å². The van der Waals surface area contributed by atoms with Crippen LogP contribution in [0, 0.1) is 17.8 Å². The molecule has 0 unspecified atom stereocenters. The van der Waals surface area contributed by atoms with Crippen LogP contribution in [-0.4, -0.2) is 64.7 Å². The Morgan fingerprint density at radius 2 is 1.77 bits per heavy atom. The number of nitrogens with zero attached hydrogens (tertiary/aromatic N) is 3. The number of benzene rings is 1. The Morgan fingerprint density at radius 1 is 1.07 bits per heavy atom. The highest BCUT2D eigenvalue weighted by Crippen LogP contribution is 2.46. The van der Waals surface area contributed by atoms with E-state index in [1.807, 2.05) is 6.07 Å². The summed E-state index contributed by atoms with van der Waals surface area (Å²) in [6, 6.07) is 8.02. The Kier molecular flexibility index (Phi) is 4.47. The van der Waals surface area contributed by atoms with Gasteiger partial charge >= 0.3 is 6.03 Å². The maximum absolute atomic E-state index is 13.0. The fraction of sp³-hybridized carbons (Fsp3) is 0.522. The number of aromatic amines is 1. The van der Waals surface area contributed by atoms with Crippen LogP contribution in [0.25, 0.3) is 10.9 Å². The fourth-order valence-corrected chi connectivity index (χ4v) is 5.88. The lowest BCUT2D eigenvalue weighted by molar-refractivity contribution is -0.153. The molecule has 5 rings (SSSR count). The van der Waals surface area contributed by atoms with Crippen LogP contribution in [0.2, 0.25) is 0 Å². The molecule has 30 heavy (non-hydrogen) atoms. The number of hydrogen-bond donors (Lipinski definition) is 1. The first kappa shape index (κ1) is 19.3. The van der Waals surface area contributed by atoms with Gasteiger partial charge in [0.05, 0.1) is 6.04 Å². The third-order valence-corrected chi connectivity index (χ3v) is 7.56. The molecule has 1 aromatic carbocycles. The van der Waals surface area contributed by atoms with Crippen molar-refractivity contribution in [3.05, 3.63) is 35.5 Å². The first-order valence-corrected chi connectivity index (χ1v) is 10.8. The van der Waals surface area contributed by atoms with E-state index in [0.29, 0.717) is 0 Å². The smallest absolute Gasteiger partial charge is 0.332 e. The zero-order valence-electron chi connectivity index (χ0n) is 17.7. The van der Waals surface area contributed by atoms with E-state index in [4.69, 9.17) is 0 Å². The first-order chi connectivity index (χ1) is 14.4. The van der Waals surface area contributed by atoms with Crippen molar-refractivity contribution in [3.63, 3.8) is 0 Å². The molecule has 3 atom stereocenters. The minimum atomic E-state index is -0.778.